The average Bonchev–Trinajstić information content (AvgIpc) is 3.30. The van der Waals surface area contributed by atoms with Crippen LogP contribution >= 0.6 is 11.3 Å². The van der Waals surface area contributed by atoms with Gasteiger partial charge in [0, 0.05) is 12.1 Å². The van der Waals surface area contributed by atoms with Crippen LogP contribution in [0.2, 0.25) is 0 Å². The number of nitrogens with one attached hydrogen (secondary N) is 3. The van der Waals surface area contributed by atoms with Crippen molar-refractivity contribution in [1.29, 1.82) is 10.5 Å². The number of thiophene rings is 1. The summed E-state index contributed by atoms with van der Waals surface area (Å²) < 4.78 is 10.0. The molecule has 0 bridgehead atoms. The average molecular weight is 512 g/mol. The van der Waals surface area contributed by atoms with Crippen molar-refractivity contribution in [2.45, 2.75) is 38.8 Å². The van der Waals surface area contributed by atoms with Crippen LogP contribution in [-0.2, 0) is 25.5 Å². The van der Waals surface area contributed by atoms with Gasteiger partial charge in [0.1, 0.15) is 28.7 Å². The molecule has 0 saturated carbocycles. The molecule has 0 spiro atoms. The Labute approximate surface area is 212 Å². The van der Waals surface area contributed by atoms with Crippen LogP contribution in [0.25, 0.3) is 0 Å². The van der Waals surface area contributed by atoms with Gasteiger partial charge in [-0.1, -0.05) is 12.1 Å². The summed E-state index contributed by atoms with van der Waals surface area (Å²) in [6.07, 6.45) is -0.752. The molecule has 11 nitrogen and oxygen atoms in total. The first-order valence-electron chi connectivity index (χ1n) is 10.7. The maximum Gasteiger partial charge on any atom is 0.408 e. The number of nitriles is 2. The number of carbonyl (C=O) groups excluding carboxylic acids is 4. The molecule has 0 aliphatic rings. The first kappa shape index (κ1) is 27.8. The molecule has 0 radical (unpaired) electrons. The van der Waals surface area contributed by atoms with E-state index in [2.05, 4.69) is 16.0 Å². The van der Waals surface area contributed by atoms with Crippen molar-refractivity contribution in [2.75, 3.05) is 18.5 Å². The number of nitrogens with zero attached hydrogens (tertiary/aromatic N) is 2. The van der Waals surface area contributed by atoms with Crippen LogP contribution in [0.3, 0.4) is 0 Å². The predicted octanol–water partition coefficient (Wildman–Crippen LogP) is 2.49. The Morgan fingerprint density at radius 3 is 2.33 bits per heavy atom. The van der Waals surface area contributed by atoms with Gasteiger partial charge in [0.05, 0.1) is 11.4 Å². The van der Waals surface area contributed by atoms with Crippen LogP contribution in [0.15, 0.2) is 36.4 Å². The van der Waals surface area contributed by atoms with Crippen molar-refractivity contribution in [3.05, 3.63) is 51.7 Å². The van der Waals surface area contributed by atoms with Gasteiger partial charge in [0.25, 0.3) is 5.91 Å². The minimum Gasteiger partial charge on any atom is -0.449 e. The third-order valence-electron chi connectivity index (χ3n) is 4.28. The zero-order chi connectivity index (χ0) is 26.7. The zero-order valence-electron chi connectivity index (χ0n) is 19.9. The van der Waals surface area contributed by atoms with Crippen molar-refractivity contribution in [3.8, 4) is 12.1 Å². The summed E-state index contributed by atoms with van der Waals surface area (Å²) in [5, 5.41) is 25.0. The molecule has 1 aromatic heterocycles. The summed E-state index contributed by atoms with van der Waals surface area (Å²) in [6, 6.07) is 12.1. The molecule has 1 aromatic carbocycles. The van der Waals surface area contributed by atoms with Crippen LogP contribution in [0.1, 0.15) is 40.9 Å². The molecule has 1 atom stereocenters. The number of anilines is 1. The van der Waals surface area contributed by atoms with E-state index >= 15 is 0 Å². The highest BCUT2D eigenvalue weighted by atomic mass is 32.1. The number of amides is 3. The van der Waals surface area contributed by atoms with E-state index in [0.717, 1.165) is 11.3 Å². The molecular formula is C24H25N5O6S. The number of esters is 1. The minimum absolute atomic E-state index is 0.0548. The quantitative estimate of drug-likeness (QED) is 0.431. The Kier molecular flexibility index (Phi) is 9.95. The third-order valence-corrected chi connectivity index (χ3v) is 5.27. The molecule has 2 rings (SSSR count). The fraction of sp³-hybridized carbons (Fsp3) is 0.333. The molecule has 0 unspecified atom stereocenters. The molecular weight excluding hydrogens is 486 g/mol. The monoisotopic (exact) mass is 511 g/mol. The van der Waals surface area contributed by atoms with Crippen molar-refractivity contribution in [2.24, 2.45) is 0 Å². The Bertz CT molecular complexity index is 1190. The van der Waals surface area contributed by atoms with E-state index in [-0.39, 0.29) is 13.0 Å². The summed E-state index contributed by atoms with van der Waals surface area (Å²) in [5.41, 5.74) is 0.320. The lowest BCUT2D eigenvalue weighted by Gasteiger charge is -2.22. The fourth-order valence-electron chi connectivity index (χ4n) is 2.78. The number of rotatable bonds is 9. The molecule has 188 valence electrons. The molecule has 12 heteroatoms. The van der Waals surface area contributed by atoms with Crippen molar-refractivity contribution < 1.29 is 28.7 Å². The first-order valence-corrected chi connectivity index (χ1v) is 11.5. The summed E-state index contributed by atoms with van der Waals surface area (Å²) in [4.78, 5) is 49.4. The predicted molar refractivity (Wildman–Crippen MR) is 130 cm³/mol. The number of hydrogen-bond acceptors (Lipinski definition) is 9. The molecule has 0 aliphatic heterocycles. The van der Waals surface area contributed by atoms with Crippen LogP contribution in [0, 0.1) is 22.7 Å². The Morgan fingerprint density at radius 2 is 1.75 bits per heavy atom. The van der Waals surface area contributed by atoms with Gasteiger partial charge < -0.3 is 25.4 Å². The SMILES string of the molecule is CC(C)(C)OC(=O)N[C@@H](Cc1ccc(NC(=O)CNC(=O)c2ccc(C#N)s2)cc1)C(=O)OCC#N. The maximum absolute atomic E-state index is 12.3. The Balaban J connectivity index is 1.94. The highest BCUT2D eigenvalue weighted by molar-refractivity contribution is 7.14. The van der Waals surface area contributed by atoms with E-state index in [1.54, 1.807) is 51.1 Å². The molecule has 36 heavy (non-hydrogen) atoms. The van der Waals surface area contributed by atoms with Gasteiger partial charge in [0.15, 0.2) is 6.61 Å². The lowest BCUT2D eigenvalue weighted by atomic mass is 10.1. The fourth-order valence-corrected chi connectivity index (χ4v) is 3.50. The maximum atomic E-state index is 12.3. The Morgan fingerprint density at radius 1 is 1.06 bits per heavy atom. The summed E-state index contributed by atoms with van der Waals surface area (Å²) in [5.74, 6) is -1.71. The number of hydrogen-bond donors (Lipinski definition) is 3. The number of ether oxygens (including phenoxy) is 2. The van der Waals surface area contributed by atoms with Gasteiger partial charge in [-0.3, -0.25) is 9.59 Å². The normalized spacial score (nSPS) is 11.2. The number of carbonyl (C=O) groups is 4. The summed E-state index contributed by atoms with van der Waals surface area (Å²) in [7, 11) is 0. The highest BCUT2D eigenvalue weighted by Crippen LogP contribution is 2.15. The second-order valence-electron chi connectivity index (χ2n) is 8.37. The van der Waals surface area contributed by atoms with E-state index in [1.807, 2.05) is 6.07 Å². The second kappa shape index (κ2) is 12.9. The van der Waals surface area contributed by atoms with Gasteiger partial charge in [-0.2, -0.15) is 10.5 Å². The van der Waals surface area contributed by atoms with Crippen LogP contribution < -0.4 is 16.0 Å². The molecule has 2 aromatic rings. The summed E-state index contributed by atoms with van der Waals surface area (Å²) >= 11 is 1.03. The molecule has 1 heterocycles. The van der Waals surface area contributed by atoms with E-state index < -0.39 is 42.1 Å². The smallest absolute Gasteiger partial charge is 0.408 e. The van der Waals surface area contributed by atoms with Crippen molar-refractivity contribution in [1.82, 2.24) is 10.6 Å². The van der Waals surface area contributed by atoms with Gasteiger partial charge in [-0.05, 0) is 50.6 Å². The molecule has 0 aliphatic carbocycles. The lowest BCUT2D eigenvalue weighted by Crippen LogP contribution is -2.45. The van der Waals surface area contributed by atoms with Crippen LogP contribution in [-0.4, -0.2) is 48.7 Å². The third kappa shape index (κ3) is 9.44. The molecule has 0 saturated heterocycles. The topological polar surface area (TPSA) is 170 Å². The highest BCUT2D eigenvalue weighted by Gasteiger charge is 2.26. The first-order chi connectivity index (χ1) is 17.0. The minimum atomic E-state index is -1.09. The number of alkyl carbamates (subject to hydrolysis) is 1. The van der Waals surface area contributed by atoms with Gasteiger partial charge >= 0.3 is 12.1 Å². The van der Waals surface area contributed by atoms with E-state index in [4.69, 9.17) is 20.0 Å². The van der Waals surface area contributed by atoms with Crippen LogP contribution in [0.4, 0.5) is 10.5 Å². The zero-order valence-corrected chi connectivity index (χ0v) is 20.7. The van der Waals surface area contributed by atoms with E-state index in [0.29, 0.717) is 21.0 Å². The van der Waals surface area contributed by atoms with Gasteiger partial charge in [-0.25, -0.2) is 9.59 Å². The number of benzene rings is 1. The van der Waals surface area contributed by atoms with Crippen molar-refractivity contribution >= 4 is 40.9 Å². The standard InChI is InChI=1S/C24H25N5O6S/c1-24(2,3)35-23(33)29-18(22(32)34-11-10-25)12-15-4-6-16(7-5-15)28-20(30)14-27-21(31)19-9-8-17(13-26)36-19/h4-9,18H,11-12,14H2,1-3H3,(H,27,31)(H,28,30)(H,29,33)/t18-/m0/s1. The Hall–Kier alpha value is -4.42. The molecule has 3 N–H and O–H groups in total. The molecule has 0 fully saturated rings. The van der Waals surface area contributed by atoms with E-state index in [1.165, 1.54) is 12.1 Å². The van der Waals surface area contributed by atoms with E-state index in [9.17, 15) is 19.2 Å². The largest absolute Gasteiger partial charge is 0.449 e. The lowest BCUT2D eigenvalue weighted by molar-refractivity contribution is -0.144. The van der Waals surface area contributed by atoms with Crippen LogP contribution in [0.5, 0.6) is 0 Å². The second-order valence-corrected chi connectivity index (χ2v) is 9.46. The van der Waals surface area contributed by atoms with Crippen molar-refractivity contribution in [3.63, 3.8) is 0 Å². The van der Waals surface area contributed by atoms with Gasteiger partial charge in [0.2, 0.25) is 5.91 Å². The summed E-state index contributed by atoms with van der Waals surface area (Å²) in [6.45, 7) is 4.31. The molecule has 3 amide bonds. The van der Waals surface area contributed by atoms with Gasteiger partial charge in [-0.15, -0.1) is 11.3 Å².